The standard InChI is InChI=1S/C13H23N3O3/c1-10(2)19-12-7-11(15-9-16-12)14-8-13(3,17)5-6-18-4/h7,9-10,17H,5-6,8H2,1-4H3,(H,14,15,16). The molecule has 19 heavy (non-hydrogen) atoms. The van der Waals surface area contributed by atoms with Crippen LogP contribution < -0.4 is 10.1 Å². The molecule has 1 atom stereocenters. The quantitative estimate of drug-likeness (QED) is 0.744. The van der Waals surface area contributed by atoms with E-state index in [1.54, 1.807) is 20.1 Å². The Balaban J connectivity index is 2.52. The lowest BCUT2D eigenvalue weighted by molar-refractivity contribution is 0.0357. The summed E-state index contributed by atoms with van der Waals surface area (Å²) in [6.07, 6.45) is 2.05. The van der Waals surface area contributed by atoms with Gasteiger partial charge < -0.3 is 19.9 Å². The molecule has 0 amide bonds. The highest BCUT2D eigenvalue weighted by Crippen LogP contribution is 2.15. The molecule has 1 aromatic heterocycles. The predicted molar refractivity (Wildman–Crippen MR) is 73.4 cm³/mol. The Kier molecular flexibility index (Phi) is 5.98. The van der Waals surface area contributed by atoms with E-state index in [4.69, 9.17) is 9.47 Å². The summed E-state index contributed by atoms with van der Waals surface area (Å²) in [6.45, 7) is 6.52. The number of nitrogens with one attached hydrogen (secondary N) is 1. The molecule has 1 aromatic rings. The highest BCUT2D eigenvalue weighted by molar-refractivity contribution is 5.37. The number of rotatable bonds is 8. The molecule has 1 unspecified atom stereocenters. The molecule has 0 saturated heterocycles. The molecule has 0 spiro atoms. The third kappa shape index (κ3) is 6.35. The van der Waals surface area contributed by atoms with E-state index in [0.717, 1.165) is 0 Å². The van der Waals surface area contributed by atoms with E-state index in [-0.39, 0.29) is 6.10 Å². The Morgan fingerprint density at radius 2 is 2.16 bits per heavy atom. The Bertz CT molecular complexity index is 383. The van der Waals surface area contributed by atoms with Crippen LogP contribution in [0.25, 0.3) is 0 Å². The van der Waals surface area contributed by atoms with Crippen molar-refractivity contribution in [1.82, 2.24) is 9.97 Å². The van der Waals surface area contributed by atoms with Crippen molar-refractivity contribution in [1.29, 1.82) is 0 Å². The van der Waals surface area contributed by atoms with Crippen molar-refractivity contribution in [2.24, 2.45) is 0 Å². The van der Waals surface area contributed by atoms with Crippen molar-refractivity contribution in [3.8, 4) is 5.88 Å². The van der Waals surface area contributed by atoms with Gasteiger partial charge in [0.2, 0.25) is 5.88 Å². The van der Waals surface area contributed by atoms with E-state index in [0.29, 0.717) is 31.3 Å². The van der Waals surface area contributed by atoms with Gasteiger partial charge in [-0.3, -0.25) is 0 Å². The first-order chi connectivity index (χ1) is 8.93. The summed E-state index contributed by atoms with van der Waals surface area (Å²) in [7, 11) is 1.61. The summed E-state index contributed by atoms with van der Waals surface area (Å²) in [6, 6.07) is 1.71. The smallest absolute Gasteiger partial charge is 0.218 e. The molecule has 0 aromatic carbocycles. The Morgan fingerprint density at radius 1 is 1.42 bits per heavy atom. The minimum atomic E-state index is -0.847. The maximum absolute atomic E-state index is 10.1. The minimum Gasteiger partial charge on any atom is -0.475 e. The zero-order chi connectivity index (χ0) is 14.3. The van der Waals surface area contributed by atoms with Gasteiger partial charge in [-0.2, -0.15) is 0 Å². The van der Waals surface area contributed by atoms with Crippen LogP contribution in [-0.4, -0.2) is 47.0 Å². The molecule has 108 valence electrons. The number of anilines is 1. The van der Waals surface area contributed by atoms with Crippen molar-refractivity contribution in [2.75, 3.05) is 25.6 Å². The summed E-state index contributed by atoms with van der Waals surface area (Å²) in [5.41, 5.74) is -0.847. The molecular weight excluding hydrogens is 246 g/mol. The van der Waals surface area contributed by atoms with Gasteiger partial charge in [0.05, 0.1) is 11.7 Å². The maximum Gasteiger partial charge on any atom is 0.218 e. The lowest BCUT2D eigenvalue weighted by Crippen LogP contribution is -2.34. The van der Waals surface area contributed by atoms with Crippen LogP contribution in [0.15, 0.2) is 12.4 Å². The van der Waals surface area contributed by atoms with E-state index in [1.165, 1.54) is 6.33 Å². The highest BCUT2D eigenvalue weighted by atomic mass is 16.5. The number of methoxy groups -OCH3 is 1. The van der Waals surface area contributed by atoms with Crippen molar-refractivity contribution in [3.63, 3.8) is 0 Å². The van der Waals surface area contributed by atoms with Gasteiger partial charge in [0.15, 0.2) is 0 Å². The molecule has 6 nitrogen and oxygen atoms in total. The molecule has 0 aliphatic heterocycles. The second-order valence-corrected chi connectivity index (χ2v) is 5.00. The van der Waals surface area contributed by atoms with Crippen molar-refractivity contribution in [2.45, 2.75) is 38.9 Å². The largest absolute Gasteiger partial charge is 0.475 e. The number of ether oxygens (including phenoxy) is 2. The fourth-order valence-corrected chi connectivity index (χ4v) is 1.43. The molecule has 0 fully saturated rings. The normalized spacial score (nSPS) is 14.2. The predicted octanol–water partition coefficient (Wildman–Crippen LogP) is 1.46. The van der Waals surface area contributed by atoms with Gasteiger partial charge >= 0.3 is 0 Å². The van der Waals surface area contributed by atoms with E-state index in [1.807, 2.05) is 13.8 Å². The Morgan fingerprint density at radius 3 is 2.79 bits per heavy atom. The number of nitrogens with zero attached hydrogens (tertiary/aromatic N) is 2. The zero-order valence-corrected chi connectivity index (χ0v) is 12.0. The van der Waals surface area contributed by atoms with Crippen LogP contribution in [0.4, 0.5) is 5.82 Å². The third-order valence-corrected chi connectivity index (χ3v) is 2.49. The first-order valence-corrected chi connectivity index (χ1v) is 6.37. The van der Waals surface area contributed by atoms with Gasteiger partial charge in [0, 0.05) is 32.7 Å². The lowest BCUT2D eigenvalue weighted by atomic mass is 10.0. The summed E-state index contributed by atoms with van der Waals surface area (Å²) in [5.74, 6) is 1.15. The zero-order valence-electron chi connectivity index (χ0n) is 12.0. The third-order valence-electron chi connectivity index (χ3n) is 2.49. The first-order valence-electron chi connectivity index (χ1n) is 6.37. The monoisotopic (exact) mass is 269 g/mol. The fraction of sp³-hybridized carbons (Fsp3) is 0.692. The fourth-order valence-electron chi connectivity index (χ4n) is 1.43. The molecule has 0 aliphatic rings. The molecule has 0 aliphatic carbocycles. The molecule has 2 N–H and O–H groups in total. The van der Waals surface area contributed by atoms with Crippen LogP contribution in [0.2, 0.25) is 0 Å². The molecule has 1 heterocycles. The summed E-state index contributed by atoms with van der Waals surface area (Å²) >= 11 is 0. The summed E-state index contributed by atoms with van der Waals surface area (Å²) < 4.78 is 10.4. The van der Waals surface area contributed by atoms with Gasteiger partial charge in [0.25, 0.3) is 0 Å². The number of aromatic nitrogens is 2. The molecular formula is C13H23N3O3. The highest BCUT2D eigenvalue weighted by Gasteiger charge is 2.19. The molecule has 0 saturated carbocycles. The van der Waals surface area contributed by atoms with Gasteiger partial charge in [-0.25, -0.2) is 9.97 Å². The maximum atomic E-state index is 10.1. The topological polar surface area (TPSA) is 76.5 Å². The van der Waals surface area contributed by atoms with Crippen LogP contribution >= 0.6 is 0 Å². The van der Waals surface area contributed by atoms with Gasteiger partial charge in [-0.15, -0.1) is 0 Å². The van der Waals surface area contributed by atoms with E-state index in [2.05, 4.69) is 15.3 Å². The molecule has 6 heteroatoms. The van der Waals surface area contributed by atoms with E-state index >= 15 is 0 Å². The van der Waals surface area contributed by atoms with Crippen LogP contribution in [-0.2, 0) is 4.74 Å². The van der Waals surface area contributed by atoms with Crippen LogP contribution in [0, 0.1) is 0 Å². The first kappa shape index (κ1) is 15.7. The average molecular weight is 269 g/mol. The Labute approximate surface area is 114 Å². The van der Waals surface area contributed by atoms with Crippen molar-refractivity contribution < 1.29 is 14.6 Å². The van der Waals surface area contributed by atoms with Crippen molar-refractivity contribution in [3.05, 3.63) is 12.4 Å². The summed E-state index contributed by atoms with van der Waals surface area (Å²) in [4.78, 5) is 8.10. The van der Waals surface area contributed by atoms with Crippen molar-refractivity contribution >= 4 is 5.82 Å². The van der Waals surface area contributed by atoms with E-state index in [9.17, 15) is 5.11 Å². The average Bonchev–Trinajstić information content (AvgIpc) is 2.34. The molecule has 0 bridgehead atoms. The van der Waals surface area contributed by atoms with Gasteiger partial charge in [-0.05, 0) is 20.8 Å². The van der Waals surface area contributed by atoms with Crippen LogP contribution in [0.3, 0.4) is 0 Å². The number of hydrogen-bond donors (Lipinski definition) is 2. The summed E-state index contributed by atoms with van der Waals surface area (Å²) in [5, 5.41) is 13.2. The Hall–Kier alpha value is -1.40. The van der Waals surface area contributed by atoms with Gasteiger partial charge in [0.1, 0.15) is 12.1 Å². The lowest BCUT2D eigenvalue weighted by Gasteiger charge is -2.23. The SMILES string of the molecule is COCCC(C)(O)CNc1cc(OC(C)C)ncn1. The number of aliphatic hydroxyl groups is 1. The molecule has 1 rings (SSSR count). The van der Waals surface area contributed by atoms with Crippen LogP contribution in [0.5, 0.6) is 5.88 Å². The molecule has 0 radical (unpaired) electrons. The minimum absolute atomic E-state index is 0.0626. The second kappa shape index (κ2) is 7.25. The van der Waals surface area contributed by atoms with Gasteiger partial charge in [-0.1, -0.05) is 0 Å². The second-order valence-electron chi connectivity index (χ2n) is 5.00. The number of hydrogen-bond acceptors (Lipinski definition) is 6. The van der Waals surface area contributed by atoms with Crippen LogP contribution in [0.1, 0.15) is 27.2 Å². The van der Waals surface area contributed by atoms with E-state index < -0.39 is 5.60 Å².